The zero-order valence-corrected chi connectivity index (χ0v) is 15.7. The van der Waals surface area contributed by atoms with Crippen molar-refractivity contribution in [3.8, 4) is 0 Å². The van der Waals surface area contributed by atoms with Crippen LogP contribution in [-0.2, 0) is 14.8 Å². The van der Waals surface area contributed by atoms with E-state index in [2.05, 4.69) is 5.32 Å². The van der Waals surface area contributed by atoms with Crippen LogP contribution in [0.3, 0.4) is 0 Å². The Balaban J connectivity index is 1.93. The van der Waals surface area contributed by atoms with Crippen molar-refractivity contribution in [2.24, 2.45) is 0 Å². The highest BCUT2D eigenvalue weighted by molar-refractivity contribution is 7.92. The minimum Gasteiger partial charge on any atom is -0.325 e. The summed E-state index contributed by atoms with van der Waals surface area (Å²) in [4.78, 5) is 12.7. The summed E-state index contributed by atoms with van der Waals surface area (Å²) in [6.07, 6.45) is 0. The molecule has 0 aliphatic heterocycles. The molecule has 0 aliphatic rings. The van der Waals surface area contributed by atoms with Gasteiger partial charge in [0.25, 0.3) is 10.0 Å². The molecule has 0 unspecified atom stereocenters. The molecule has 0 atom stereocenters. The van der Waals surface area contributed by atoms with Crippen molar-refractivity contribution < 1.29 is 13.2 Å². The first-order valence-electron chi connectivity index (χ1n) is 8.46. The standard InChI is InChI=1S/C21H20N2O3S/c1-17-9-8-14-20(15-17)27(25,26)23(19-12-6-3-7-13-19)16-21(24)22-18-10-4-2-5-11-18/h2-15H,16H2,1H3,(H,22,24). The van der Waals surface area contributed by atoms with E-state index in [9.17, 15) is 13.2 Å². The number of hydrogen-bond donors (Lipinski definition) is 1. The highest BCUT2D eigenvalue weighted by atomic mass is 32.2. The number of aryl methyl sites for hydroxylation is 1. The van der Waals surface area contributed by atoms with Gasteiger partial charge in [0.05, 0.1) is 10.6 Å². The number of carbonyl (C=O) groups excluding carboxylic acids is 1. The molecule has 0 spiro atoms. The van der Waals surface area contributed by atoms with E-state index in [1.165, 1.54) is 6.07 Å². The van der Waals surface area contributed by atoms with Gasteiger partial charge < -0.3 is 5.32 Å². The van der Waals surface area contributed by atoms with Gasteiger partial charge in [-0.2, -0.15) is 0 Å². The van der Waals surface area contributed by atoms with Gasteiger partial charge in [0.1, 0.15) is 6.54 Å². The van der Waals surface area contributed by atoms with Gasteiger partial charge in [-0.15, -0.1) is 0 Å². The first-order valence-corrected chi connectivity index (χ1v) is 9.90. The van der Waals surface area contributed by atoms with Crippen molar-refractivity contribution in [3.63, 3.8) is 0 Å². The Morgan fingerprint density at radius 3 is 2.15 bits per heavy atom. The van der Waals surface area contributed by atoms with Gasteiger partial charge in [-0.1, -0.05) is 48.5 Å². The lowest BCUT2D eigenvalue weighted by atomic mass is 10.2. The zero-order valence-electron chi connectivity index (χ0n) is 14.9. The molecular weight excluding hydrogens is 360 g/mol. The average Bonchev–Trinajstić information content (AvgIpc) is 2.67. The molecule has 0 heterocycles. The minimum atomic E-state index is -3.89. The molecule has 6 heteroatoms. The molecule has 0 fully saturated rings. The Kier molecular flexibility index (Phi) is 5.57. The van der Waals surface area contributed by atoms with E-state index in [1.807, 2.05) is 19.1 Å². The van der Waals surface area contributed by atoms with Crippen LogP contribution in [-0.4, -0.2) is 20.9 Å². The Labute approximate surface area is 159 Å². The highest BCUT2D eigenvalue weighted by Crippen LogP contribution is 2.24. The summed E-state index contributed by atoms with van der Waals surface area (Å²) in [5, 5.41) is 2.73. The Morgan fingerprint density at radius 1 is 0.889 bits per heavy atom. The molecule has 0 radical (unpaired) electrons. The molecule has 0 aromatic heterocycles. The molecule has 0 aliphatic carbocycles. The third-order valence-electron chi connectivity index (χ3n) is 3.97. The van der Waals surface area contributed by atoms with Gasteiger partial charge in [-0.05, 0) is 48.9 Å². The minimum absolute atomic E-state index is 0.152. The largest absolute Gasteiger partial charge is 0.325 e. The van der Waals surface area contributed by atoms with E-state index in [-0.39, 0.29) is 11.4 Å². The molecule has 0 saturated heterocycles. The number of hydrogen-bond acceptors (Lipinski definition) is 3. The topological polar surface area (TPSA) is 66.5 Å². The van der Waals surface area contributed by atoms with E-state index < -0.39 is 15.9 Å². The van der Waals surface area contributed by atoms with Crippen LogP contribution in [0, 0.1) is 6.92 Å². The van der Waals surface area contributed by atoms with Gasteiger partial charge in [0, 0.05) is 5.69 Å². The fraction of sp³-hybridized carbons (Fsp3) is 0.0952. The van der Waals surface area contributed by atoms with Crippen LogP contribution < -0.4 is 9.62 Å². The van der Waals surface area contributed by atoms with Crippen LogP contribution in [0.1, 0.15) is 5.56 Å². The summed E-state index contributed by atoms with van der Waals surface area (Å²) in [5.41, 5.74) is 1.88. The molecule has 138 valence electrons. The molecule has 1 N–H and O–H groups in total. The van der Waals surface area contributed by atoms with Crippen LogP contribution >= 0.6 is 0 Å². The van der Waals surface area contributed by atoms with E-state index >= 15 is 0 Å². The van der Waals surface area contributed by atoms with E-state index in [0.717, 1.165) is 9.87 Å². The summed E-state index contributed by atoms with van der Waals surface area (Å²) in [6.45, 7) is 1.50. The lowest BCUT2D eigenvalue weighted by Crippen LogP contribution is -2.38. The van der Waals surface area contributed by atoms with Crippen LogP contribution in [0.4, 0.5) is 11.4 Å². The summed E-state index contributed by atoms with van der Waals surface area (Å²) in [7, 11) is -3.89. The van der Waals surface area contributed by atoms with Gasteiger partial charge in [0.15, 0.2) is 0 Å². The first-order chi connectivity index (χ1) is 13.0. The number of amides is 1. The van der Waals surface area contributed by atoms with E-state index in [4.69, 9.17) is 0 Å². The number of benzene rings is 3. The summed E-state index contributed by atoms with van der Waals surface area (Å²) < 4.78 is 27.6. The third-order valence-corrected chi connectivity index (χ3v) is 5.74. The van der Waals surface area contributed by atoms with Crippen molar-refractivity contribution >= 4 is 27.3 Å². The smallest absolute Gasteiger partial charge is 0.264 e. The number of anilines is 2. The van der Waals surface area contributed by atoms with E-state index in [0.29, 0.717) is 11.4 Å². The van der Waals surface area contributed by atoms with Gasteiger partial charge in [-0.3, -0.25) is 9.10 Å². The predicted molar refractivity (Wildman–Crippen MR) is 107 cm³/mol. The second kappa shape index (κ2) is 8.05. The number of carbonyl (C=O) groups is 1. The summed E-state index contributed by atoms with van der Waals surface area (Å²) >= 11 is 0. The fourth-order valence-corrected chi connectivity index (χ4v) is 4.19. The predicted octanol–water partition coefficient (Wildman–Crippen LogP) is 3.83. The monoisotopic (exact) mass is 380 g/mol. The molecule has 3 rings (SSSR count). The molecule has 0 saturated carbocycles. The Morgan fingerprint density at radius 2 is 1.52 bits per heavy atom. The lowest BCUT2D eigenvalue weighted by molar-refractivity contribution is -0.114. The molecular formula is C21H20N2O3S. The molecule has 3 aromatic rings. The number of nitrogens with zero attached hydrogens (tertiary/aromatic N) is 1. The van der Waals surface area contributed by atoms with Crippen LogP contribution in [0.2, 0.25) is 0 Å². The maximum absolute atomic E-state index is 13.2. The molecule has 27 heavy (non-hydrogen) atoms. The SMILES string of the molecule is Cc1cccc(S(=O)(=O)N(CC(=O)Nc2ccccc2)c2ccccc2)c1. The highest BCUT2D eigenvalue weighted by Gasteiger charge is 2.27. The molecule has 0 bridgehead atoms. The van der Waals surface area contributed by atoms with Crippen molar-refractivity contribution in [3.05, 3.63) is 90.5 Å². The van der Waals surface area contributed by atoms with E-state index in [1.54, 1.807) is 66.7 Å². The van der Waals surface area contributed by atoms with Crippen molar-refractivity contribution in [2.75, 3.05) is 16.2 Å². The summed E-state index contributed by atoms with van der Waals surface area (Å²) in [5.74, 6) is -0.415. The Hall–Kier alpha value is -3.12. The number of para-hydroxylation sites is 2. The second-order valence-electron chi connectivity index (χ2n) is 6.08. The van der Waals surface area contributed by atoms with Crippen molar-refractivity contribution in [1.29, 1.82) is 0 Å². The molecule has 1 amide bonds. The normalized spacial score (nSPS) is 11.0. The summed E-state index contributed by atoms with van der Waals surface area (Å²) in [6, 6.07) is 24.2. The van der Waals surface area contributed by atoms with Gasteiger partial charge in [-0.25, -0.2) is 8.42 Å². The third kappa shape index (κ3) is 4.54. The second-order valence-corrected chi connectivity index (χ2v) is 7.94. The Bertz CT molecular complexity index is 1020. The van der Waals surface area contributed by atoms with Gasteiger partial charge in [0.2, 0.25) is 5.91 Å². The molecule has 5 nitrogen and oxygen atoms in total. The quantitative estimate of drug-likeness (QED) is 0.707. The first kappa shape index (κ1) is 18.7. The molecule has 3 aromatic carbocycles. The number of nitrogens with one attached hydrogen (secondary N) is 1. The zero-order chi connectivity index (χ0) is 19.3. The van der Waals surface area contributed by atoms with Crippen LogP contribution in [0.5, 0.6) is 0 Å². The maximum Gasteiger partial charge on any atom is 0.264 e. The van der Waals surface area contributed by atoms with Crippen LogP contribution in [0.25, 0.3) is 0 Å². The van der Waals surface area contributed by atoms with Crippen LogP contribution in [0.15, 0.2) is 89.8 Å². The van der Waals surface area contributed by atoms with Crippen molar-refractivity contribution in [2.45, 2.75) is 11.8 Å². The number of rotatable bonds is 6. The fourth-order valence-electron chi connectivity index (χ4n) is 2.66. The average molecular weight is 380 g/mol. The van der Waals surface area contributed by atoms with Gasteiger partial charge >= 0.3 is 0 Å². The lowest BCUT2D eigenvalue weighted by Gasteiger charge is -2.24. The van der Waals surface area contributed by atoms with Crippen molar-refractivity contribution in [1.82, 2.24) is 0 Å². The maximum atomic E-state index is 13.2. The number of sulfonamides is 1.